The van der Waals surface area contributed by atoms with Crippen LogP contribution >= 0.6 is 27.3 Å². The summed E-state index contributed by atoms with van der Waals surface area (Å²) in [6, 6.07) is 41.6. The summed E-state index contributed by atoms with van der Waals surface area (Å²) in [6.45, 7) is 0. The van der Waals surface area contributed by atoms with E-state index in [-0.39, 0.29) is 0 Å². The molecule has 0 spiro atoms. The van der Waals surface area contributed by atoms with Crippen molar-refractivity contribution in [1.82, 2.24) is 15.0 Å². The zero-order chi connectivity index (χ0) is 25.5. The largest absolute Gasteiger partial charge is 0.208 e. The second kappa shape index (κ2) is 9.60. The Morgan fingerprint density at radius 1 is 0.474 bits per heavy atom. The van der Waals surface area contributed by atoms with Crippen LogP contribution in [0, 0.1) is 0 Å². The molecule has 180 valence electrons. The van der Waals surface area contributed by atoms with Crippen LogP contribution in [0.5, 0.6) is 0 Å². The number of aromatic nitrogens is 3. The molecule has 38 heavy (non-hydrogen) atoms. The fourth-order valence-corrected chi connectivity index (χ4v) is 6.34. The number of rotatable bonds is 4. The molecule has 0 saturated carbocycles. The van der Waals surface area contributed by atoms with E-state index in [1.54, 1.807) is 11.3 Å². The summed E-state index contributed by atoms with van der Waals surface area (Å²) in [6.07, 6.45) is 0. The van der Waals surface area contributed by atoms with Crippen LogP contribution in [0.3, 0.4) is 0 Å². The third kappa shape index (κ3) is 4.10. The van der Waals surface area contributed by atoms with Gasteiger partial charge in [-0.2, -0.15) is 0 Å². The van der Waals surface area contributed by atoms with Crippen LogP contribution in [-0.4, -0.2) is 15.0 Å². The number of thiophene rings is 1. The molecule has 0 radical (unpaired) electrons. The van der Waals surface area contributed by atoms with E-state index in [9.17, 15) is 0 Å². The fraction of sp³-hybridized carbons (Fsp3) is 0. The third-order valence-corrected chi connectivity index (χ3v) is 8.25. The van der Waals surface area contributed by atoms with Crippen molar-refractivity contribution >= 4 is 47.4 Å². The average molecular weight is 571 g/mol. The van der Waals surface area contributed by atoms with Gasteiger partial charge in [0.2, 0.25) is 0 Å². The topological polar surface area (TPSA) is 38.7 Å². The number of hydrogen-bond acceptors (Lipinski definition) is 4. The van der Waals surface area contributed by atoms with Crippen LogP contribution in [0.15, 0.2) is 126 Å². The predicted molar refractivity (Wildman–Crippen MR) is 162 cm³/mol. The Hall–Kier alpha value is -4.19. The van der Waals surface area contributed by atoms with E-state index in [1.165, 1.54) is 20.2 Å². The molecule has 5 aromatic carbocycles. The molecular weight excluding hydrogens is 550 g/mol. The van der Waals surface area contributed by atoms with Gasteiger partial charge in [-0.1, -0.05) is 113 Å². The molecule has 5 heteroatoms. The Morgan fingerprint density at radius 3 is 1.84 bits per heavy atom. The quantitative estimate of drug-likeness (QED) is 0.212. The van der Waals surface area contributed by atoms with Crippen molar-refractivity contribution in [3.63, 3.8) is 0 Å². The smallest absolute Gasteiger partial charge is 0.164 e. The van der Waals surface area contributed by atoms with Crippen molar-refractivity contribution in [2.45, 2.75) is 0 Å². The van der Waals surface area contributed by atoms with Gasteiger partial charge in [0, 0.05) is 41.3 Å². The Balaban J connectivity index is 1.52. The molecule has 0 unspecified atom stereocenters. The Kier molecular flexibility index (Phi) is 5.80. The summed E-state index contributed by atoms with van der Waals surface area (Å²) in [5.74, 6) is 1.99. The molecule has 0 aliphatic heterocycles. The van der Waals surface area contributed by atoms with Crippen molar-refractivity contribution in [3.8, 4) is 45.3 Å². The van der Waals surface area contributed by atoms with E-state index in [0.717, 1.165) is 32.3 Å². The van der Waals surface area contributed by atoms with E-state index in [2.05, 4.69) is 94.8 Å². The number of fused-ring (bicyclic) bond motifs is 3. The highest BCUT2D eigenvalue weighted by molar-refractivity contribution is 9.10. The standard InChI is InChI=1S/C33H20BrN3S/c34-23-18-19-28-27(20-23)30-26(16-9-17-29(30)38-28)33-36-31(22-12-5-2-6-13-22)35-32(37-33)25-15-8-7-14-24(25)21-10-3-1-4-11-21/h1-20H. The van der Waals surface area contributed by atoms with Crippen molar-refractivity contribution in [2.75, 3.05) is 0 Å². The molecule has 0 amide bonds. The Morgan fingerprint density at radius 2 is 1.08 bits per heavy atom. The first-order chi connectivity index (χ1) is 18.7. The molecule has 7 aromatic rings. The Labute approximate surface area is 232 Å². The molecule has 0 N–H and O–H groups in total. The number of nitrogens with zero attached hydrogens (tertiary/aromatic N) is 3. The van der Waals surface area contributed by atoms with Crippen LogP contribution in [0.4, 0.5) is 0 Å². The first kappa shape index (κ1) is 23.0. The van der Waals surface area contributed by atoms with Gasteiger partial charge in [-0.3, -0.25) is 0 Å². The maximum absolute atomic E-state index is 5.12. The van der Waals surface area contributed by atoms with Crippen LogP contribution < -0.4 is 0 Å². The summed E-state index contributed by atoms with van der Waals surface area (Å²) in [5, 5.41) is 2.36. The van der Waals surface area contributed by atoms with E-state index in [4.69, 9.17) is 15.0 Å². The molecule has 0 bridgehead atoms. The molecule has 7 rings (SSSR count). The van der Waals surface area contributed by atoms with E-state index >= 15 is 0 Å². The summed E-state index contributed by atoms with van der Waals surface area (Å²) in [7, 11) is 0. The SMILES string of the molecule is Brc1ccc2sc3cccc(-c4nc(-c5ccccc5)nc(-c5ccccc5-c5ccccc5)n4)c3c2c1. The number of halogens is 1. The van der Waals surface area contributed by atoms with Gasteiger partial charge in [0.15, 0.2) is 17.5 Å². The molecule has 0 aliphatic carbocycles. The van der Waals surface area contributed by atoms with Crippen molar-refractivity contribution < 1.29 is 0 Å². The summed E-state index contributed by atoms with van der Waals surface area (Å²) < 4.78 is 3.50. The number of hydrogen-bond donors (Lipinski definition) is 0. The molecule has 2 aromatic heterocycles. The lowest BCUT2D eigenvalue weighted by Crippen LogP contribution is -2.01. The van der Waals surface area contributed by atoms with Gasteiger partial charge in [0.05, 0.1) is 0 Å². The lowest BCUT2D eigenvalue weighted by atomic mass is 9.99. The molecule has 0 fully saturated rings. The van der Waals surface area contributed by atoms with Gasteiger partial charge in [0.1, 0.15) is 0 Å². The zero-order valence-corrected chi connectivity index (χ0v) is 22.6. The van der Waals surface area contributed by atoms with Crippen LogP contribution in [0.25, 0.3) is 65.5 Å². The summed E-state index contributed by atoms with van der Waals surface area (Å²) >= 11 is 5.45. The minimum atomic E-state index is 0.658. The summed E-state index contributed by atoms with van der Waals surface area (Å²) in [4.78, 5) is 15.1. The molecule has 0 saturated heterocycles. The maximum Gasteiger partial charge on any atom is 0.164 e. The molecule has 0 aliphatic rings. The van der Waals surface area contributed by atoms with Crippen LogP contribution in [-0.2, 0) is 0 Å². The monoisotopic (exact) mass is 569 g/mol. The van der Waals surface area contributed by atoms with Gasteiger partial charge in [-0.15, -0.1) is 11.3 Å². The van der Waals surface area contributed by atoms with Gasteiger partial charge in [0.25, 0.3) is 0 Å². The van der Waals surface area contributed by atoms with Crippen molar-refractivity contribution in [3.05, 3.63) is 126 Å². The second-order valence-electron chi connectivity index (χ2n) is 9.01. The highest BCUT2D eigenvalue weighted by Crippen LogP contribution is 2.41. The molecule has 2 heterocycles. The lowest BCUT2D eigenvalue weighted by molar-refractivity contribution is 1.08. The van der Waals surface area contributed by atoms with Gasteiger partial charge in [-0.25, -0.2) is 15.0 Å². The van der Waals surface area contributed by atoms with Gasteiger partial charge in [-0.05, 0) is 35.4 Å². The lowest BCUT2D eigenvalue weighted by Gasteiger charge is -2.12. The fourth-order valence-electron chi connectivity index (χ4n) is 4.87. The van der Waals surface area contributed by atoms with E-state index in [1.807, 2.05) is 42.5 Å². The summed E-state index contributed by atoms with van der Waals surface area (Å²) in [5.41, 5.74) is 5.16. The average Bonchev–Trinajstić information content (AvgIpc) is 3.36. The first-order valence-corrected chi connectivity index (χ1v) is 13.9. The van der Waals surface area contributed by atoms with Crippen LogP contribution in [0.1, 0.15) is 0 Å². The van der Waals surface area contributed by atoms with Crippen molar-refractivity contribution in [2.24, 2.45) is 0 Å². The van der Waals surface area contributed by atoms with E-state index in [0.29, 0.717) is 17.5 Å². The van der Waals surface area contributed by atoms with Gasteiger partial charge >= 0.3 is 0 Å². The Bertz CT molecular complexity index is 1930. The van der Waals surface area contributed by atoms with Gasteiger partial charge < -0.3 is 0 Å². The van der Waals surface area contributed by atoms with E-state index < -0.39 is 0 Å². The normalized spacial score (nSPS) is 11.3. The maximum atomic E-state index is 5.12. The zero-order valence-electron chi connectivity index (χ0n) is 20.2. The minimum absolute atomic E-state index is 0.658. The highest BCUT2D eigenvalue weighted by atomic mass is 79.9. The van der Waals surface area contributed by atoms with Crippen molar-refractivity contribution in [1.29, 1.82) is 0 Å². The minimum Gasteiger partial charge on any atom is -0.208 e. The second-order valence-corrected chi connectivity index (χ2v) is 11.0. The predicted octanol–water partition coefficient (Wildman–Crippen LogP) is 9.67. The number of benzene rings is 5. The first-order valence-electron chi connectivity index (χ1n) is 12.3. The third-order valence-electron chi connectivity index (χ3n) is 6.62. The molecule has 0 atom stereocenters. The highest BCUT2D eigenvalue weighted by Gasteiger charge is 2.18. The molecular formula is C33H20BrN3S. The van der Waals surface area contributed by atoms with Crippen LogP contribution in [0.2, 0.25) is 0 Å². The molecule has 3 nitrogen and oxygen atoms in total.